The molecular weight excluding hydrogens is 406 g/mol. The number of hydrogen-bond donors (Lipinski definition) is 2. The third-order valence-electron chi connectivity index (χ3n) is 4.40. The van der Waals surface area contributed by atoms with Gasteiger partial charge in [-0.2, -0.15) is 4.31 Å². The van der Waals surface area contributed by atoms with Crippen LogP contribution in [0.5, 0.6) is 0 Å². The highest BCUT2D eigenvalue weighted by molar-refractivity contribution is 7.89. The zero-order valence-corrected chi connectivity index (χ0v) is 15.7. The van der Waals surface area contributed by atoms with Gasteiger partial charge in [0.1, 0.15) is 6.04 Å². The summed E-state index contributed by atoms with van der Waals surface area (Å²) in [5.41, 5.74) is -0.434. The quantitative estimate of drug-likeness (QED) is 0.281. The molecule has 0 bridgehead atoms. The fraction of sp³-hybridized carbons (Fsp3) is 0.294. The zero-order valence-electron chi connectivity index (χ0n) is 14.9. The van der Waals surface area contributed by atoms with E-state index < -0.39 is 62.6 Å². The Morgan fingerprint density at radius 2 is 2.00 bits per heavy atom. The van der Waals surface area contributed by atoms with Crippen molar-refractivity contribution >= 4 is 27.5 Å². The molecule has 1 saturated heterocycles. The van der Waals surface area contributed by atoms with Crippen molar-refractivity contribution in [2.45, 2.75) is 23.5 Å². The summed E-state index contributed by atoms with van der Waals surface area (Å²) in [6.45, 7) is -1.05. The van der Waals surface area contributed by atoms with Gasteiger partial charge < -0.3 is 14.8 Å². The number of ketones is 1. The number of hydrogen-bond acceptors (Lipinski definition) is 8. The standard InChI is InChI=1S/C17H17N3O8S/c21-11-8-14(17(23)28-10-15(22)12-4-3-7-18-12)19(9-11)29(26,27)16-6-2-1-5-13(16)20(24)25/h1-7,11,14,18,21H,8-10H2/t11-,14-/m1/s1. The predicted molar refractivity (Wildman–Crippen MR) is 97.5 cm³/mol. The molecule has 3 rings (SSSR count). The molecule has 1 fully saturated rings. The summed E-state index contributed by atoms with van der Waals surface area (Å²) in [7, 11) is -4.48. The van der Waals surface area contributed by atoms with Gasteiger partial charge in [0.15, 0.2) is 11.5 Å². The fourth-order valence-electron chi connectivity index (χ4n) is 3.03. The number of nitro groups is 1. The maximum Gasteiger partial charge on any atom is 0.325 e. The Balaban J connectivity index is 1.82. The van der Waals surface area contributed by atoms with Gasteiger partial charge in [0, 0.05) is 25.2 Å². The number of Topliss-reactive ketones (excluding diaryl/α,β-unsaturated/α-hetero) is 1. The number of aromatic nitrogens is 1. The molecule has 1 aliphatic rings. The van der Waals surface area contributed by atoms with E-state index in [4.69, 9.17) is 4.74 Å². The highest BCUT2D eigenvalue weighted by Crippen LogP contribution is 2.31. The van der Waals surface area contributed by atoms with Crippen LogP contribution in [0.4, 0.5) is 5.69 Å². The molecular formula is C17H17N3O8S. The topological polar surface area (TPSA) is 160 Å². The zero-order chi connectivity index (χ0) is 21.2. The first kappa shape index (κ1) is 20.6. The van der Waals surface area contributed by atoms with Crippen LogP contribution in [0.25, 0.3) is 0 Å². The summed E-state index contributed by atoms with van der Waals surface area (Å²) in [5.74, 6) is -1.54. The molecule has 29 heavy (non-hydrogen) atoms. The van der Waals surface area contributed by atoms with Crippen LogP contribution in [-0.4, -0.2) is 64.8 Å². The van der Waals surface area contributed by atoms with Gasteiger partial charge in [0.25, 0.3) is 15.7 Å². The summed E-state index contributed by atoms with van der Waals surface area (Å²) >= 11 is 0. The van der Waals surface area contributed by atoms with E-state index in [1.165, 1.54) is 24.4 Å². The molecule has 2 aromatic rings. The first-order valence-corrected chi connectivity index (χ1v) is 9.92. The van der Waals surface area contributed by atoms with Gasteiger partial charge in [-0.05, 0) is 18.2 Å². The molecule has 1 aromatic carbocycles. The molecule has 0 aliphatic carbocycles. The number of ether oxygens (including phenoxy) is 1. The third kappa shape index (κ3) is 4.18. The molecule has 0 unspecified atom stereocenters. The minimum atomic E-state index is -4.48. The molecule has 0 spiro atoms. The summed E-state index contributed by atoms with van der Waals surface area (Å²) in [4.78, 5) is 36.8. The van der Waals surface area contributed by atoms with Crippen LogP contribution in [0.15, 0.2) is 47.5 Å². The number of aromatic amines is 1. The number of aliphatic hydroxyl groups excluding tert-OH is 1. The van der Waals surface area contributed by atoms with E-state index in [0.717, 1.165) is 12.1 Å². The molecule has 154 valence electrons. The number of para-hydroxylation sites is 1. The second kappa shape index (κ2) is 8.11. The maximum absolute atomic E-state index is 13.0. The number of H-pyrrole nitrogens is 1. The molecule has 1 aromatic heterocycles. The molecule has 2 heterocycles. The Bertz CT molecular complexity index is 1030. The van der Waals surface area contributed by atoms with Crippen molar-refractivity contribution in [3.05, 3.63) is 58.4 Å². The Kier molecular flexibility index (Phi) is 5.77. The number of benzene rings is 1. The van der Waals surface area contributed by atoms with Crippen LogP contribution >= 0.6 is 0 Å². The minimum absolute atomic E-state index is 0.216. The van der Waals surface area contributed by atoms with Crippen LogP contribution in [-0.2, 0) is 19.6 Å². The second-order valence-electron chi connectivity index (χ2n) is 6.32. The lowest BCUT2D eigenvalue weighted by atomic mass is 10.2. The molecule has 0 saturated carbocycles. The van der Waals surface area contributed by atoms with Crippen LogP contribution in [0, 0.1) is 10.1 Å². The monoisotopic (exact) mass is 423 g/mol. The average molecular weight is 423 g/mol. The number of carbonyl (C=O) groups is 2. The molecule has 2 N–H and O–H groups in total. The van der Waals surface area contributed by atoms with Crippen LogP contribution < -0.4 is 0 Å². The Morgan fingerprint density at radius 1 is 1.28 bits per heavy atom. The van der Waals surface area contributed by atoms with E-state index in [-0.39, 0.29) is 12.1 Å². The van der Waals surface area contributed by atoms with Crippen LogP contribution in [0.3, 0.4) is 0 Å². The van der Waals surface area contributed by atoms with Crippen LogP contribution in [0.2, 0.25) is 0 Å². The summed E-state index contributed by atoms with van der Waals surface area (Å²) in [5, 5.41) is 21.1. The van der Waals surface area contributed by atoms with Crippen molar-refractivity contribution in [3.8, 4) is 0 Å². The van der Waals surface area contributed by atoms with E-state index in [2.05, 4.69) is 4.98 Å². The maximum atomic E-state index is 13.0. The molecule has 1 aliphatic heterocycles. The van der Waals surface area contributed by atoms with E-state index >= 15 is 0 Å². The van der Waals surface area contributed by atoms with E-state index in [1.54, 1.807) is 6.07 Å². The van der Waals surface area contributed by atoms with E-state index in [1.807, 2.05) is 0 Å². The van der Waals surface area contributed by atoms with Gasteiger partial charge in [-0.1, -0.05) is 12.1 Å². The Morgan fingerprint density at radius 3 is 2.66 bits per heavy atom. The normalized spacial score (nSPS) is 19.8. The largest absolute Gasteiger partial charge is 0.456 e. The van der Waals surface area contributed by atoms with Gasteiger partial charge in [0.2, 0.25) is 5.78 Å². The fourth-order valence-corrected chi connectivity index (χ4v) is 4.82. The van der Waals surface area contributed by atoms with Gasteiger partial charge in [-0.15, -0.1) is 0 Å². The number of sulfonamides is 1. The third-order valence-corrected chi connectivity index (χ3v) is 6.32. The second-order valence-corrected chi connectivity index (χ2v) is 8.18. The molecule has 12 heteroatoms. The number of rotatable bonds is 7. The number of carbonyl (C=O) groups excluding carboxylic acids is 2. The van der Waals surface area contributed by atoms with Crippen molar-refractivity contribution in [2.24, 2.45) is 0 Å². The van der Waals surface area contributed by atoms with Gasteiger partial charge in [0.05, 0.1) is 16.7 Å². The van der Waals surface area contributed by atoms with Gasteiger partial charge >= 0.3 is 5.97 Å². The SMILES string of the molecule is O=C(COC(=O)[C@H]1C[C@@H](O)CN1S(=O)(=O)c1ccccc1[N+](=O)[O-])c1ccc[nH]1. The first-order chi connectivity index (χ1) is 13.7. The molecule has 11 nitrogen and oxygen atoms in total. The van der Waals surface area contributed by atoms with E-state index in [0.29, 0.717) is 4.31 Å². The Labute approximate surface area is 165 Å². The van der Waals surface area contributed by atoms with Crippen molar-refractivity contribution in [1.82, 2.24) is 9.29 Å². The predicted octanol–water partition coefficient (Wildman–Crippen LogP) is 0.473. The highest BCUT2D eigenvalue weighted by atomic mass is 32.2. The number of β-amino-alcohol motifs (C(OH)–C–C–N with tert-alkyl or cyclic N) is 1. The number of aliphatic hydroxyl groups is 1. The van der Waals surface area contributed by atoms with Crippen molar-refractivity contribution in [2.75, 3.05) is 13.2 Å². The van der Waals surface area contributed by atoms with Crippen LogP contribution in [0.1, 0.15) is 16.9 Å². The summed E-state index contributed by atoms with van der Waals surface area (Å²) in [6, 6.07) is 6.37. The number of esters is 1. The lowest BCUT2D eigenvalue weighted by Gasteiger charge is -2.22. The number of nitro benzene ring substituents is 1. The van der Waals surface area contributed by atoms with Crippen molar-refractivity contribution < 1.29 is 32.8 Å². The minimum Gasteiger partial charge on any atom is -0.456 e. The van der Waals surface area contributed by atoms with Gasteiger partial charge in [-0.25, -0.2) is 8.42 Å². The average Bonchev–Trinajstić information content (AvgIpc) is 3.36. The lowest BCUT2D eigenvalue weighted by Crippen LogP contribution is -2.42. The number of nitrogens with one attached hydrogen (secondary N) is 1. The summed E-state index contributed by atoms with van der Waals surface area (Å²) < 4.78 is 31.6. The Hall–Kier alpha value is -3.09. The smallest absolute Gasteiger partial charge is 0.325 e. The van der Waals surface area contributed by atoms with Crippen molar-refractivity contribution in [3.63, 3.8) is 0 Å². The highest BCUT2D eigenvalue weighted by Gasteiger charge is 2.46. The number of nitrogens with zero attached hydrogens (tertiary/aromatic N) is 2. The summed E-state index contributed by atoms with van der Waals surface area (Å²) in [6.07, 6.45) is 0.1000. The van der Waals surface area contributed by atoms with Crippen molar-refractivity contribution in [1.29, 1.82) is 0 Å². The molecule has 0 amide bonds. The van der Waals surface area contributed by atoms with Gasteiger partial charge in [-0.3, -0.25) is 19.7 Å². The van der Waals surface area contributed by atoms with E-state index in [9.17, 15) is 33.2 Å². The first-order valence-electron chi connectivity index (χ1n) is 8.48. The molecule has 2 atom stereocenters. The lowest BCUT2D eigenvalue weighted by molar-refractivity contribution is -0.387. The molecule has 0 radical (unpaired) electrons.